The molecule has 0 radical (unpaired) electrons. The van der Waals surface area contributed by atoms with E-state index in [1.807, 2.05) is 54.6 Å². The maximum absolute atomic E-state index is 12.9. The Balaban J connectivity index is 1.79. The molecule has 6 heteroatoms. The Bertz CT molecular complexity index is 975. The molecule has 1 heterocycles. The third-order valence-corrected chi connectivity index (χ3v) is 6.42. The number of hydrogen-bond acceptors (Lipinski definition) is 3. The fourth-order valence-corrected chi connectivity index (χ4v) is 4.38. The Morgan fingerprint density at radius 1 is 1.10 bits per heavy atom. The molecular formula is C23H27ClN3OS+. The molecule has 0 aliphatic heterocycles. The van der Waals surface area contributed by atoms with E-state index in [1.54, 1.807) is 4.90 Å². The first-order valence-corrected chi connectivity index (χ1v) is 11.3. The summed E-state index contributed by atoms with van der Waals surface area (Å²) in [5, 5.41) is 5.38. The minimum atomic E-state index is -0.0563. The Labute approximate surface area is 181 Å². The molecule has 1 amide bonds. The van der Waals surface area contributed by atoms with Crippen LogP contribution < -0.4 is 10.2 Å². The molecule has 4 nitrogen and oxygen atoms in total. The van der Waals surface area contributed by atoms with Gasteiger partial charge in [-0.2, -0.15) is 0 Å². The Morgan fingerprint density at radius 3 is 2.59 bits per heavy atom. The van der Waals surface area contributed by atoms with Crippen molar-refractivity contribution in [3.05, 3.63) is 65.2 Å². The number of carbonyl (C=O) groups is 1. The molecule has 0 unspecified atom stereocenters. The van der Waals surface area contributed by atoms with Crippen LogP contribution in [-0.4, -0.2) is 37.1 Å². The van der Waals surface area contributed by atoms with Crippen LogP contribution >= 0.6 is 23.4 Å². The number of para-hydroxylation sites is 1. The minimum Gasteiger partial charge on any atom is -0.352 e. The van der Waals surface area contributed by atoms with Crippen LogP contribution in [-0.2, 0) is 0 Å². The van der Waals surface area contributed by atoms with E-state index < -0.39 is 0 Å². The number of carbonyl (C=O) groups excluding carboxylic acids is 1. The summed E-state index contributed by atoms with van der Waals surface area (Å²) in [5.74, 6) is -0.0563. The quantitative estimate of drug-likeness (QED) is 0.505. The first-order valence-electron chi connectivity index (χ1n) is 10.1. The molecule has 0 saturated heterocycles. The molecule has 2 aromatic carbocycles. The molecule has 0 spiro atoms. The zero-order chi connectivity index (χ0) is 20.6. The highest BCUT2D eigenvalue weighted by atomic mass is 35.5. The van der Waals surface area contributed by atoms with Gasteiger partial charge in [0.1, 0.15) is 5.03 Å². The number of nitrogens with one attached hydrogen (secondary N) is 2. The van der Waals surface area contributed by atoms with Gasteiger partial charge in [-0.15, -0.1) is 0 Å². The van der Waals surface area contributed by atoms with Crippen LogP contribution in [0.3, 0.4) is 0 Å². The van der Waals surface area contributed by atoms with Crippen molar-refractivity contribution in [3.63, 3.8) is 0 Å². The van der Waals surface area contributed by atoms with Crippen LogP contribution in [0.4, 0.5) is 0 Å². The van der Waals surface area contributed by atoms with E-state index in [1.165, 1.54) is 11.8 Å². The smallest absolute Gasteiger partial charge is 0.252 e. The van der Waals surface area contributed by atoms with Gasteiger partial charge in [0.15, 0.2) is 0 Å². The van der Waals surface area contributed by atoms with E-state index in [4.69, 9.17) is 16.6 Å². The van der Waals surface area contributed by atoms with E-state index in [9.17, 15) is 4.79 Å². The van der Waals surface area contributed by atoms with E-state index in [0.717, 1.165) is 46.9 Å². The van der Waals surface area contributed by atoms with Crippen molar-refractivity contribution < 1.29 is 9.69 Å². The van der Waals surface area contributed by atoms with Crippen LogP contribution in [0.15, 0.2) is 64.5 Å². The highest BCUT2D eigenvalue weighted by Crippen LogP contribution is 2.33. The van der Waals surface area contributed by atoms with Gasteiger partial charge in [-0.25, -0.2) is 4.98 Å². The molecule has 0 saturated carbocycles. The number of rotatable bonds is 9. The predicted octanol–water partition coefficient (Wildman–Crippen LogP) is 4.08. The molecule has 0 aliphatic carbocycles. The van der Waals surface area contributed by atoms with Crippen molar-refractivity contribution in [1.82, 2.24) is 10.3 Å². The van der Waals surface area contributed by atoms with Gasteiger partial charge in [-0.1, -0.05) is 53.7 Å². The highest BCUT2D eigenvalue weighted by molar-refractivity contribution is 7.99. The Kier molecular flexibility index (Phi) is 7.92. The largest absolute Gasteiger partial charge is 0.352 e. The first-order chi connectivity index (χ1) is 14.1. The van der Waals surface area contributed by atoms with Gasteiger partial charge < -0.3 is 10.2 Å². The number of halogens is 1. The Morgan fingerprint density at radius 2 is 1.83 bits per heavy atom. The third-order valence-electron chi connectivity index (χ3n) is 4.98. The lowest BCUT2D eigenvalue weighted by Crippen LogP contribution is -3.11. The number of benzene rings is 2. The zero-order valence-corrected chi connectivity index (χ0v) is 18.4. The molecule has 29 heavy (non-hydrogen) atoms. The molecule has 0 atom stereocenters. The van der Waals surface area contributed by atoms with Crippen molar-refractivity contribution in [2.45, 2.75) is 30.2 Å². The topological polar surface area (TPSA) is 46.4 Å². The number of amides is 1. The average molecular weight is 429 g/mol. The molecule has 0 fully saturated rings. The summed E-state index contributed by atoms with van der Waals surface area (Å²) in [5.41, 5.74) is 1.46. The summed E-state index contributed by atoms with van der Waals surface area (Å²) in [6.07, 6.45) is 0.965. The van der Waals surface area contributed by atoms with Crippen molar-refractivity contribution in [2.75, 3.05) is 26.2 Å². The standard InChI is InChI=1S/C23H26ClN3OS/c1-3-27(4-2)15-9-14-25-23(28)18-16-22(26-20-12-7-5-10-17(18)20)29-21-13-8-6-11-19(21)24/h5-8,10-13,16H,3-4,9,14-15H2,1-2H3,(H,25,28)/p+1. The van der Waals surface area contributed by atoms with Crippen molar-refractivity contribution in [3.8, 4) is 0 Å². The van der Waals surface area contributed by atoms with Crippen molar-refractivity contribution in [2.24, 2.45) is 0 Å². The van der Waals surface area contributed by atoms with Crippen LogP contribution in [0.25, 0.3) is 10.9 Å². The van der Waals surface area contributed by atoms with Gasteiger partial charge in [-0.05, 0) is 38.1 Å². The maximum Gasteiger partial charge on any atom is 0.252 e. The van der Waals surface area contributed by atoms with E-state index in [2.05, 4.69) is 19.2 Å². The molecule has 3 rings (SSSR count). The molecule has 0 bridgehead atoms. The van der Waals surface area contributed by atoms with Gasteiger partial charge in [0, 0.05) is 23.2 Å². The highest BCUT2D eigenvalue weighted by Gasteiger charge is 2.14. The lowest BCUT2D eigenvalue weighted by Gasteiger charge is -2.15. The van der Waals surface area contributed by atoms with E-state index in [0.29, 0.717) is 17.1 Å². The number of quaternary nitrogens is 1. The third kappa shape index (κ3) is 5.72. The normalized spacial score (nSPS) is 11.2. The van der Waals surface area contributed by atoms with Gasteiger partial charge >= 0.3 is 0 Å². The summed E-state index contributed by atoms with van der Waals surface area (Å²) in [6, 6.07) is 17.3. The van der Waals surface area contributed by atoms with Crippen LogP contribution in [0.1, 0.15) is 30.6 Å². The molecule has 3 aromatic rings. The van der Waals surface area contributed by atoms with Gasteiger partial charge in [0.25, 0.3) is 5.91 Å². The van der Waals surface area contributed by atoms with Gasteiger partial charge in [0.05, 0.1) is 35.7 Å². The number of pyridine rings is 1. The zero-order valence-electron chi connectivity index (χ0n) is 16.9. The second-order valence-electron chi connectivity index (χ2n) is 6.87. The van der Waals surface area contributed by atoms with Crippen LogP contribution in [0.5, 0.6) is 0 Å². The van der Waals surface area contributed by atoms with E-state index in [-0.39, 0.29) is 5.91 Å². The molecule has 0 aliphatic rings. The summed E-state index contributed by atoms with van der Waals surface area (Å²) >= 11 is 7.77. The lowest BCUT2D eigenvalue weighted by molar-refractivity contribution is -0.896. The van der Waals surface area contributed by atoms with Gasteiger partial charge in [0.2, 0.25) is 0 Å². The second kappa shape index (κ2) is 10.6. The van der Waals surface area contributed by atoms with Gasteiger partial charge in [-0.3, -0.25) is 4.79 Å². The van der Waals surface area contributed by atoms with Crippen molar-refractivity contribution in [1.29, 1.82) is 0 Å². The van der Waals surface area contributed by atoms with Crippen LogP contribution in [0.2, 0.25) is 5.02 Å². The molecular weight excluding hydrogens is 402 g/mol. The summed E-state index contributed by atoms with van der Waals surface area (Å²) in [4.78, 5) is 20.1. The summed E-state index contributed by atoms with van der Waals surface area (Å²) in [6.45, 7) is 8.35. The molecule has 1 aromatic heterocycles. The number of nitrogens with zero attached hydrogens (tertiary/aromatic N) is 1. The maximum atomic E-state index is 12.9. The fraction of sp³-hybridized carbons (Fsp3) is 0.304. The monoisotopic (exact) mass is 428 g/mol. The summed E-state index contributed by atoms with van der Waals surface area (Å²) in [7, 11) is 0. The fourth-order valence-electron chi connectivity index (χ4n) is 3.27. The second-order valence-corrected chi connectivity index (χ2v) is 8.34. The van der Waals surface area contributed by atoms with E-state index >= 15 is 0 Å². The summed E-state index contributed by atoms with van der Waals surface area (Å²) < 4.78 is 0. The number of aromatic nitrogens is 1. The SMILES string of the molecule is CC[NH+](CC)CCCNC(=O)c1cc(Sc2ccccc2Cl)nc2ccccc12. The number of hydrogen-bond donors (Lipinski definition) is 2. The minimum absolute atomic E-state index is 0.0563. The Hall–Kier alpha value is -2.08. The lowest BCUT2D eigenvalue weighted by atomic mass is 10.1. The average Bonchev–Trinajstić information content (AvgIpc) is 2.75. The molecule has 2 N–H and O–H groups in total. The first kappa shape index (κ1) is 21.6. The van der Waals surface area contributed by atoms with Crippen LogP contribution in [0, 0.1) is 0 Å². The number of fused-ring (bicyclic) bond motifs is 1. The molecule has 152 valence electrons. The van der Waals surface area contributed by atoms with Crippen molar-refractivity contribution >= 4 is 40.2 Å². The predicted molar refractivity (Wildman–Crippen MR) is 121 cm³/mol.